The van der Waals surface area contributed by atoms with Crippen molar-refractivity contribution in [3.8, 4) is 0 Å². The van der Waals surface area contributed by atoms with Gasteiger partial charge in [0.25, 0.3) is 0 Å². The Kier molecular flexibility index (Phi) is 3.44. The van der Waals surface area contributed by atoms with Crippen molar-refractivity contribution in [2.24, 2.45) is 0 Å². The molecule has 0 aliphatic rings. The average molecular weight is 245 g/mol. The minimum absolute atomic E-state index is 0.311. The van der Waals surface area contributed by atoms with E-state index in [-0.39, 0.29) is 0 Å². The lowest BCUT2D eigenvalue weighted by atomic mass is 10.1. The van der Waals surface area contributed by atoms with Crippen LogP contribution in [-0.4, -0.2) is 16.1 Å². The summed E-state index contributed by atoms with van der Waals surface area (Å²) < 4.78 is 0. The van der Waals surface area contributed by atoms with Crippen LogP contribution in [0.15, 0.2) is 52.5 Å². The molecule has 0 bridgehead atoms. The van der Waals surface area contributed by atoms with Gasteiger partial charge in [-0.15, -0.1) is 0 Å². The molecule has 0 spiro atoms. The minimum atomic E-state index is -0.913. The maximum absolute atomic E-state index is 11.1. The maximum Gasteiger partial charge on any atom is 0.336 e. The number of carboxylic acids is 1. The molecule has 0 unspecified atom stereocenters. The van der Waals surface area contributed by atoms with E-state index in [9.17, 15) is 4.79 Å². The van der Waals surface area contributed by atoms with E-state index in [0.717, 1.165) is 15.5 Å². The minimum Gasteiger partial charge on any atom is -0.478 e. The van der Waals surface area contributed by atoms with Gasteiger partial charge in [0, 0.05) is 11.1 Å². The number of carbonyl (C=O) groups is 1. The Labute approximate surface area is 104 Å². The molecule has 4 heteroatoms. The Morgan fingerprint density at radius 2 is 2.12 bits per heavy atom. The molecule has 0 radical (unpaired) electrons. The van der Waals surface area contributed by atoms with Crippen molar-refractivity contribution in [2.45, 2.75) is 16.8 Å². The Morgan fingerprint density at radius 1 is 1.29 bits per heavy atom. The fraction of sp³-hybridized carbons (Fsp3) is 0.0769. The summed E-state index contributed by atoms with van der Waals surface area (Å²) in [6.45, 7) is 1.94. The SMILES string of the molecule is Cc1ccc(C(=O)O)c(Sc2ccccn2)c1. The maximum atomic E-state index is 11.1. The molecule has 0 atom stereocenters. The van der Waals surface area contributed by atoms with Crippen molar-refractivity contribution in [1.29, 1.82) is 0 Å². The summed E-state index contributed by atoms with van der Waals surface area (Å²) in [6.07, 6.45) is 1.69. The number of hydrogen-bond donors (Lipinski definition) is 1. The number of rotatable bonds is 3. The topological polar surface area (TPSA) is 50.2 Å². The van der Waals surface area contributed by atoms with E-state index < -0.39 is 5.97 Å². The largest absolute Gasteiger partial charge is 0.478 e. The number of aryl methyl sites for hydroxylation is 1. The van der Waals surface area contributed by atoms with Gasteiger partial charge in [0.15, 0.2) is 0 Å². The molecule has 3 nitrogen and oxygen atoms in total. The summed E-state index contributed by atoms with van der Waals surface area (Å²) >= 11 is 1.36. The molecular formula is C13H11NO2S. The molecule has 1 N–H and O–H groups in total. The summed E-state index contributed by atoms with van der Waals surface area (Å²) in [7, 11) is 0. The molecule has 0 saturated heterocycles. The van der Waals surface area contributed by atoms with E-state index >= 15 is 0 Å². The molecule has 0 fully saturated rings. The van der Waals surface area contributed by atoms with Gasteiger partial charge in [0.1, 0.15) is 5.03 Å². The van der Waals surface area contributed by atoms with Crippen LogP contribution in [0, 0.1) is 6.92 Å². The molecule has 1 aromatic carbocycles. The normalized spacial score (nSPS) is 10.2. The third kappa shape index (κ3) is 2.85. The van der Waals surface area contributed by atoms with Crippen LogP contribution < -0.4 is 0 Å². The lowest BCUT2D eigenvalue weighted by Crippen LogP contribution is -1.99. The van der Waals surface area contributed by atoms with Gasteiger partial charge in [-0.05, 0) is 36.8 Å². The average Bonchev–Trinajstić information content (AvgIpc) is 2.30. The Bertz CT molecular complexity index is 540. The number of nitrogens with zero attached hydrogens (tertiary/aromatic N) is 1. The van der Waals surface area contributed by atoms with E-state index in [1.165, 1.54) is 11.8 Å². The predicted molar refractivity (Wildman–Crippen MR) is 66.5 cm³/mol. The highest BCUT2D eigenvalue weighted by Gasteiger charge is 2.11. The second-order valence-corrected chi connectivity index (χ2v) is 4.64. The highest BCUT2D eigenvalue weighted by atomic mass is 32.2. The summed E-state index contributed by atoms with van der Waals surface area (Å²) in [4.78, 5) is 16.0. The Balaban J connectivity index is 2.37. The monoisotopic (exact) mass is 245 g/mol. The van der Waals surface area contributed by atoms with E-state index in [1.54, 1.807) is 18.3 Å². The van der Waals surface area contributed by atoms with Crippen LogP contribution in [0.5, 0.6) is 0 Å². The van der Waals surface area contributed by atoms with Crippen LogP contribution in [0.3, 0.4) is 0 Å². The first-order chi connectivity index (χ1) is 8.16. The number of aromatic carboxylic acids is 1. The molecule has 1 aromatic heterocycles. The first-order valence-electron chi connectivity index (χ1n) is 5.09. The summed E-state index contributed by atoms with van der Waals surface area (Å²) in [6, 6.07) is 10.9. The highest BCUT2D eigenvalue weighted by Crippen LogP contribution is 2.29. The molecule has 1 heterocycles. The van der Waals surface area contributed by atoms with Crippen molar-refractivity contribution in [1.82, 2.24) is 4.98 Å². The van der Waals surface area contributed by atoms with Gasteiger partial charge in [-0.1, -0.05) is 23.9 Å². The van der Waals surface area contributed by atoms with Gasteiger partial charge in [-0.25, -0.2) is 9.78 Å². The number of pyridine rings is 1. The highest BCUT2D eigenvalue weighted by molar-refractivity contribution is 7.99. The number of aromatic nitrogens is 1. The van der Waals surface area contributed by atoms with E-state index in [1.807, 2.05) is 31.2 Å². The van der Waals surface area contributed by atoms with Crippen LogP contribution in [0.4, 0.5) is 0 Å². The van der Waals surface area contributed by atoms with Gasteiger partial charge in [0.2, 0.25) is 0 Å². The lowest BCUT2D eigenvalue weighted by Gasteiger charge is -2.06. The van der Waals surface area contributed by atoms with Crippen molar-refractivity contribution < 1.29 is 9.90 Å². The predicted octanol–water partition coefficient (Wildman–Crippen LogP) is 3.24. The number of hydrogen-bond acceptors (Lipinski definition) is 3. The van der Waals surface area contributed by atoms with Crippen molar-refractivity contribution in [3.05, 3.63) is 53.7 Å². The summed E-state index contributed by atoms with van der Waals surface area (Å²) in [5.41, 5.74) is 1.35. The van der Waals surface area contributed by atoms with E-state index in [4.69, 9.17) is 5.11 Å². The molecule has 0 aliphatic carbocycles. The fourth-order valence-electron chi connectivity index (χ4n) is 1.41. The molecule has 2 aromatic rings. The van der Waals surface area contributed by atoms with Crippen LogP contribution in [-0.2, 0) is 0 Å². The zero-order valence-corrected chi connectivity index (χ0v) is 10.1. The fourth-order valence-corrected chi connectivity index (χ4v) is 2.41. The molecule has 2 rings (SSSR count). The standard InChI is InChI=1S/C13H11NO2S/c1-9-5-6-10(13(15)16)11(8-9)17-12-4-2-3-7-14-12/h2-8H,1H3,(H,15,16). The Morgan fingerprint density at radius 3 is 2.76 bits per heavy atom. The third-order valence-corrected chi connectivity index (χ3v) is 3.23. The molecule has 0 amide bonds. The van der Waals surface area contributed by atoms with E-state index in [2.05, 4.69) is 4.98 Å². The quantitative estimate of drug-likeness (QED) is 0.901. The molecule has 17 heavy (non-hydrogen) atoms. The zero-order valence-electron chi connectivity index (χ0n) is 9.25. The van der Waals surface area contributed by atoms with E-state index in [0.29, 0.717) is 5.56 Å². The van der Waals surface area contributed by atoms with Crippen molar-refractivity contribution >= 4 is 17.7 Å². The Hall–Kier alpha value is -1.81. The number of carboxylic acid groups (broad SMARTS) is 1. The molecular weight excluding hydrogens is 234 g/mol. The van der Waals surface area contributed by atoms with Crippen LogP contribution in [0.2, 0.25) is 0 Å². The van der Waals surface area contributed by atoms with Gasteiger partial charge in [0.05, 0.1) is 5.56 Å². The zero-order chi connectivity index (χ0) is 12.3. The van der Waals surface area contributed by atoms with Gasteiger partial charge < -0.3 is 5.11 Å². The first kappa shape index (κ1) is 11.7. The smallest absolute Gasteiger partial charge is 0.336 e. The van der Waals surface area contributed by atoms with Gasteiger partial charge >= 0.3 is 5.97 Å². The summed E-state index contributed by atoms with van der Waals surface area (Å²) in [5, 5.41) is 9.89. The van der Waals surface area contributed by atoms with Crippen molar-refractivity contribution in [3.63, 3.8) is 0 Å². The van der Waals surface area contributed by atoms with Crippen LogP contribution in [0.1, 0.15) is 15.9 Å². The second-order valence-electron chi connectivity index (χ2n) is 3.57. The second kappa shape index (κ2) is 5.01. The number of benzene rings is 1. The first-order valence-corrected chi connectivity index (χ1v) is 5.91. The lowest BCUT2D eigenvalue weighted by molar-refractivity contribution is 0.0693. The summed E-state index contributed by atoms with van der Waals surface area (Å²) in [5.74, 6) is -0.913. The third-order valence-electron chi connectivity index (χ3n) is 2.22. The van der Waals surface area contributed by atoms with Gasteiger partial charge in [-0.3, -0.25) is 0 Å². The molecule has 0 aliphatic heterocycles. The molecule has 0 saturated carbocycles. The van der Waals surface area contributed by atoms with Crippen LogP contribution in [0.25, 0.3) is 0 Å². The molecule has 86 valence electrons. The van der Waals surface area contributed by atoms with Crippen LogP contribution >= 0.6 is 11.8 Å². The van der Waals surface area contributed by atoms with Crippen molar-refractivity contribution in [2.75, 3.05) is 0 Å². The van der Waals surface area contributed by atoms with Gasteiger partial charge in [-0.2, -0.15) is 0 Å².